The lowest BCUT2D eigenvalue weighted by Gasteiger charge is -2.30. The van der Waals surface area contributed by atoms with Crippen LogP contribution >= 0.6 is 0 Å². The molecule has 0 N–H and O–H groups in total. The van der Waals surface area contributed by atoms with Crippen LogP contribution in [0.15, 0.2) is 0 Å². The molecule has 0 aromatic heterocycles. The van der Waals surface area contributed by atoms with E-state index in [0.717, 1.165) is 19.5 Å². The van der Waals surface area contributed by atoms with Crippen molar-refractivity contribution < 1.29 is 9.53 Å². The van der Waals surface area contributed by atoms with E-state index in [4.69, 9.17) is 4.74 Å². The summed E-state index contributed by atoms with van der Waals surface area (Å²) < 4.78 is 5.17. The van der Waals surface area contributed by atoms with E-state index in [9.17, 15) is 4.79 Å². The number of likely N-dealkylation sites (tertiary alicyclic amines) is 1. The molecule has 0 aromatic rings. The minimum Gasteiger partial charge on any atom is -0.369 e. The maximum atomic E-state index is 11.1. The van der Waals surface area contributed by atoms with Gasteiger partial charge < -0.3 is 9.64 Å². The van der Waals surface area contributed by atoms with E-state index in [1.807, 2.05) is 18.7 Å². The molecule has 1 amide bonds. The van der Waals surface area contributed by atoms with Gasteiger partial charge in [-0.05, 0) is 20.3 Å². The molecule has 1 aliphatic heterocycles. The quantitative estimate of drug-likeness (QED) is 0.601. The second-order valence-corrected chi connectivity index (χ2v) is 3.09. The molecule has 1 fully saturated rings. The molecule has 64 valence electrons. The van der Waals surface area contributed by atoms with Gasteiger partial charge in [-0.2, -0.15) is 0 Å². The lowest BCUT2D eigenvalue weighted by Crippen LogP contribution is -2.44. The van der Waals surface area contributed by atoms with E-state index in [1.54, 1.807) is 0 Å². The molecule has 0 atom stereocenters. The average Bonchev–Trinajstić information content (AvgIpc) is 1.79. The Morgan fingerprint density at radius 2 is 2.18 bits per heavy atom. The van der Waals surface area contributed by atoms with Crippen LogP contribution < -0.4 is 0 Å². The number of carbonyl (C=O) groups is 1. The largest absolute Gasteiger partial charge is 0.369 e. The SMILES string of the molecule is CC(C)OCC(=O)N1CCC1. The molecular weight excluding hydrogens is 142 g/mol. The minimum absolute atomic E-state index is 0.130. The molecular formula is C8H15NO2. The van der Waals surface area contributed by atoms with Gasteiger partial charge in [0.2, 0.25) is 5.91 Å². The first-order chi connectivity index (χ1) is 5.20. The van der Waals surface area contributed by atoms with Gasteiger partial charge in [0.1, 0.15) is 6.61 Å². The highest BCUT2D eigenvalue weighted by atomic mass is 16.5. The second-order valence-electron chi connectivity index (χ2n) is 3.09. The van der Waals surface area contributed by atoms with E-state index >= 15 is 0 Å². The summed E-state index contributed by atoms with van der Waals surface area (Å²) >= 11 is 0. The third-order valence-corrected chi connectivity index (χ3v) is 1.75. The average molecular weight is 157 g/mol. The van der Waals surface area contributed by atoms with Gasteiger partial charge in [0.05, 0.1) is 6.10 Å². The van der Waals surface area contributed by atoms with Gasteiger partial charge in [-0.1, -0.05) is 0 Å². The summed E-state index contributed by atoms with van der Waals surface area (Å²) in [6, 6.07) is 0. The Bertz CT molecular complexity index is 141. The number of carbonyl (C=O) groups excluding carboxylic acids is 1. The number of ether oxygens (including phenoxy) is 1. The van der Waals surface area contributed by atoms with Crippen molar-refractivity contribution >= 4 is 5.91 Å². The molecule has 0 radical (unpaired) electrons. The van der Waals surface area contributed by atoms with Crippen LogP contribution in [0, 0.1) is 0 Å². The fourth-order valence-corrected chi connectivity index (χ4v) is 0.895. The summed E-state index contributed by atoms with van der Waals surface area (Å²) in [5.41, 5.74) is 0. The molecule has 0 aromatic carbocycles. The van der Waals surface area contributed by atoms with Gasteiger partial charge in [0.25, 0.3) is 0 Å². The van der Waals surface area contributed by atoms with Crippen LogP contribution in [0.2, 0.25) is 0 Å². The van der Waals surface area contributed by atoms with Crippen LogP contribution in [-0.4, -0.2) is 36.6 Å². The summed E-state index contributed by atoms with van der Waals surface area (Å²) in [6.07, 6.45) is 1.30. The maximum Gasteiger partial charge on any atom is 0.248 e. The molecule has 11 heavy (non-hydrogen) atoms. The first kappa shape index (κ1) is 8.53. The second kappa shape index (κ2) is 3.72. The summed E-state index contributed by atoms with van der Waals surface area (Å²) in [4.78, 5) is 13.0. The van der Waals surface area contributed by atoms with Crippen molar-refractivity contribution in [3.05, 3.63) is 0 Å². The van der Waals surface area contributed by atoms with Crippen LogP contribution in [0.1, 0.15) is 20.3 Å². The Balaban J connectivity index is 2.10. The van der Waals surface area contributed by atoms with Gasteiger partial charge in [0, 0.05) is 13.1 Å². The number of hydrogen-bond donors (Lipinski definition) is 0. The summed E-state index contributed by atoms with van der Waals surface area (Å²) in [5, 5.41) is 0. The smallest absolute Gasteiger partial charge is 0.248 e. The topological polar surface area (TPSA) is 29.5 Å². The maximum absolute atomic E-state index is 11.1. The highest BCUT2D eigenvalue weighted by Crippen LogP contribution is 2.05. The lowest BCUT2D eigenvalue weighted by atomic mass is 10.2. The van der Waals surface area contributed by atoms with E-state index in [-0.39, 0.29) is 18.6 Å². The van der Waals surface area contributed by atoms with Crippen LogP contribution in [-0.2, 0) is 9.53 Å². The highest BCUT2D eigenvalue weighted by Gasteiger charge is 2.19. The predicted molar refractivity (Wildman–Crippen MR) is 42.3 cm³/mol. The Morgan fingerprint density at radius 1 is 1.55 bits per heavy atom. The standard InChI is InChI=1S/C8H15NO2/c1-7(2)11-6-8(10)9-4-3-5-9/h7H,3-6H2,1-2H3. The van der Waals surface area contributed by atoms with Crippen molar-refractivity contribution in [1.29, 1.82) is 0 Å². The molecule has 0 aliphatic carbocycles. The first-order valence-electron chi connectivity index (χ1n) is 4.09. The van der Waals surface area contributed by atoms with Crippen molar-refractivity contribution in [1.82, 2.24) is 4.90 Å². The van der Waals surface area contributed by atoms with Crippen molar-refractivity contribution in [3.63, 3.8) is 0 Å². The van der Waals surface area contributed by atoms with Crippen molar-refractivity contribution in [3.8, 4) is 0 Å². The van der Waals surface area contributed by atoms with E-state index in [2.05, 4.69) is 0 Å². The number of hydrogen-bond acceptors (Lipinski definition) is 2. The monoisotopic (exact) mass is 157 g/mol. The van der Waals surface area contributed by atoms with Crippen molar-refractivity contribution in [2.24, 2.45) is 0 Å². The molecule has 3 nitrogen and oxygen atoms in total. The van der Waals surface area contributed by atoms with Crippen LogP contribution in [0.5, 0.6) is 0 Å². The third-order valence-electron chi connectivity index (χ3n) is 1.75. The zero-order chi connectivity index (χ0) is 8.27. The Labute approximate surface area is 67.3 Å². The molecule has 1 heterocycles. The van der Waals surface area contributed by atoms with E-state index in [0.29, 0.717) is 0 Å². The molecule has 1 aliphatic rings. The number of rotatable bonds is 3. The Morgan fingerprint density at radius 3 is 2.55 bits per heavy atom. The minimum atomic E-state index is 0.130. The van der Waals surface area contributed by atoms with Crippen molar-refractivity contribution in [2.75, 3.05) is 19.7 Å². The van der Waals surface area contributed by atoms with E-state index < -0.39 is 0 Å². The molecule has 0 saturated carbocycles. The lowest BCUT2D eigenvalue weighted by molar-refractivity contribution is -0.141. The normalized spacial score (nSPS) is 16.8. The molecule has 0 unspecified atom stereocenters. The van der Waals surface area contributed by atoms with Crippen LogP contribution in [0.3, 0.4) is 0 Å². The fraction of sp³-hybridized carbons (Fsp3) is 0.875. The Kier molecular flexibility index (Phi) is 2.88. The molecule has 1 rings (SSSR count). The molecule has 1 saturated heterocycles. The van der Waals surface area contributed by atoms with Gasteiger partial charge >= 0.3 is 0 Å². The zero-order valence-corrected chi connectivity index (χ0v) is 7.17. The predicted octanol–water partition coefficient (Wildman–Crippen LogP) is 0.644. The van der Waals surface area contributed by atoms with Crippen LogP contribution in [0.25, 0.3) is 0 Å². The third kappa shape index (κ3) is 2.50. The fourth-order valence-electron chi connectivity index (χ4n) is 0.895. The Hall–Kier alpha value is -0.570. The molecule has 3 heteroatoms. The van der Waals surface area contributed by atoms with Gasteiger partial charge in [-0.25, -0.2) is 0 Å². The zero-order valence-electron chi connectivity index (χ0n) is 7.17. The van der Waals surface area contributed by atoms with Gasteiger partial charge in [-0.3, -0.25) is 4.79 Å². The van der Waals surface area contributed by atoms with Gasteiger partial charge in [0.15, 0.2) is 0 Å². The van der Waals surface area contributed by atoms with Gasteiger partial charge in [-0.15, -0.1) is 0 Å². The molecule has 0 bridgehead atoms. The first-order valence-corrected chi connectivity index (χ1v) is 4.09. The number of nitrogens with zero attached hydrogens (tertiary/aromatic N) is 1. The molecule has 0 spiro atoms. The van der Waals surface area contributed by atoms with Crippen molar-refractivity contribution in [2.45, 2.75) is 26.4 Å². The van der Waals surface area contributed by atoms with Crippen LogP contribution in [0.4, 0.5) is 0 Å². The summed E-state index contributed by atoms with van der Waals surface area (Å²) in [7, 11) is 0. The highest BCUT2D eigenvalue weighted by molar-refractivity contribution is 5.78. The van der Waals surface area contributed by atoms with E-state index in [1.165, 1.54) is 0 Å². The summed E-state index contributed by atoms with van der Waals surface area (Å²) in [5.74, 6) is 0.130. The summed E-state index contributed by atoms with van der Waals surface area (Å²) in [6.45, 7) is 5.95. The number of amides is 1.